The van der Waals surface area contributed by atoms with E-state index in [1.807, 2.05) is 11.8 Å². The number of urea groups is 1. The molecule has 1 atom stereocenters. The minimum Gasteiger partial charge on any atom is -0.476 e. The quantitative estimate of drug-likeness (QED) is 0.771. The van der Waals surface area contributed by atoms with Gasteiger partial charge in [0.2, 0.25) is 0 Å². The molecule has 8 heteroatoms. The van der Waals surface area contributed by atoms with Crippen LogP contribution < -0.4 is 10.6 Å². The molecule has 1 aliphatic rings. The molecule has 0 saturated carbocycles. The van der Waals surface area contributed by atoms with Gasteiger partial charge in [0.1, 0.15) is 5.01 Å². The molecule has 0 aliphatic carbocycles. The number of carbonyl (C=O) groups excluding carboxylic acids is 1. The van der Waals surface area contributed by atoms with Gasteiger partial charge in [-0.2, -0.15) is 11.8 Å². The second-order valence-electron chi connectivity index (χ2n) is 5.01. The monoisotopic (exact) mass is 329 g/mol. The highest BCUT2D eigenvalue weighted by Gasteiger charge is 2.17. The second-order valence-corrected chi connectivity index (χ2v) is 7.12. The number of thioether (sulfide) groups is 1. The van der Waals surface area contributed by atoms with Crippen LogP contribution >= 0.6 is 23.1 Å². The average molecular weight is 329 g/mol. The summed E-state index contributed by atoms with van der Waals surface area (Å²) in [5.41, 5.74) is 0.0174. The highest BCUT2D eigenvalue weighted by atomic mass is 32.2. The molecule has 21 heavy (non-hydrogen) atoms. The molecule has 2 amide bonds. The van der Waals surface area contributed by atoms with Crippen LogP contribution in [-0.2, 0) is 0 Å². The molecule has 0 radical (unpaired) electrons. The minimum absolute atomic E-state index is 0.0174. The van der Waals surface area contributed by atoms with Crippen LogP contribution in [0.15, 0.2) is 5.38 Å². The first-order valence-corrected chi connectivity index (χ1v) is 8.90. The molecular formula is C13H19N3O3S2. The predicted molar refractivity (Wildman–Crippen MR) is 84.1 cm³/mol. The highest BCUT2D eigenvalue weighted by Crippen LogP contribution is 2.22. The Labute approximate surface area is 131 Å². The number of carboxylic acids is 1. The van der Waals surface area contributed by atoms with Gasteiger partial charge in [-0.3, -0.25) is 0 Å². The molecule has 1 aromatic heterocycles. The number of nitrogens with one attached hydrogen (secondary N) is 2. The van der Waals surface area contributed by atoms with Crippen molar-refractivity contribution in [3.63, 3.8) is 0 Å². The lowest BCUT2D eigenvalue weighted by atomic mass is 10.0. The van der Waals surface area contributed by atoms with Crippen LogP contribution in [0.3, 0.4) is 0 Å². The summed E-state index contributed by atoms with van der Waals surface area (Å²) >= 11 is 3.20. The number of hydrogen-bond acceptors (Lipinski definition) is 5. The number of nitrogens with zero attached hydrogens (tertiary/aromatic N) is 1. The molecule has 1 saturated heterocycles. The topological polar surface area (TPSA) is 91.3 Å². The Morgan fingerprint density at radius 3 is 2.81 bits per heavy atom. The van der Waals surface area contributed by atoms with Crippen molar-refractivity contribution >= 4 is 35.1 Å². The molecule has 0 bridgehead atoms. The van der Waals surface area contributed by atoms with Crippen LogP contribution in [0.2, 0.25) is 0 Å². The lowest BCUT2D eigenvalue weighted by molar-refractivity contribution is 0.0691. The largest absolute Gasteiger partial charge is 0.476 e. The van der Waals surface area contributed by atoms with Crippen LogP contribution in [-0.4, -0.2) is 40.1 Å². The average Bonchev–Trinajstić information content (AvgIpc) is 2.96. The maximum absolute atomic E-state index is 11.8. The van der Waals surface area contributed by atoms with E-state index in [4.69, 9.17) is 5.11 Å². The Kier molecular flexibility index (Phi) is 5.86. The maximum Gasteiger partial charge on any atom is 0.355 e. The van der Waals surface area contributed by atoms with E-state index in [-0.39, 0.29) is 17.8 Å². The van der Waals surface area contributed by atoms with Gasteiger partial charge >= 0.3 is 12.0 Å². The lowest BCUT2D eigenvalue weighted by Crippen LogP contribution is -2.40. The molecule has 2 heterocycles. The van der Waals surface area contributed by atoms with Crippen LogP contribution in [0.4, 0.5) is 4.79 Å². The Bertz CT molecular complexity index is 501. The van der Waals surface area contributed by atoms with E-state index in [0.717, 1.165) is 12.8 Å². The van der Waals surface area contributed by atoms with Gasteiger partial charge < -0.3 is 15.7 Å². The number of amides is 2. The molecule has 0 spiro atoms. The van der Waals surface area contributed by atoms with Gasteiger partial charge in [-0.25, -0.2) is 14.6 Å². The van der Waals surface area contributed by atoms with Crippen molar-refractivity contribution in [3.8, 4) is 0 Å². The Balaban J connectivity index is 1.76. The summed E-state index contributed by atoms with van der Waals surface area (Å²) in [6, 6.07) is -0.530. The summed E-state index contributed by atoms with van der Waals surface area (Å²) in [5.74, 6) is 1.85. The normalized spacial score (nSPS) is 17.2. The van der Waals surface area contributed by atoms with Gasteiger partial charge in [0.05, 0.1) is 6.04 Å². The van der Waals surface area contributed by atoms with E-state index in [1.54, 1.807) is 6.92 Å². The van der Waals surface area contributed by atoms with Crippen molar-refractivity contribution in [3.05, 3.63) is 16.1 Å². The molecule has 1 aromatic rings. The fraction of sp³-hybridized carbons (Fsp3) is 0.615. The van der Waals surface area contributed by atoms with E-state index >= 15 is 0 Å². The van der Waals surface area contributed by atoms with Crippen molar-refractivity contribution in [2.75, 3.05) is 18.1 Å². The fourth-order valence-electron chi connectivity index (χ4n) is 2.08. The first-order chi connectivity index (χ1) is 10.1. The third-order valence-corrected chi connectivity index (χ3v) is 5.43. The smallest absolute Gasteiger partial charge is 0.355 e. The van der Waals surface area contributed by atoms with Crippen molar-refractivity contribution in [2.45, 2.75) is 25.8 Å². The molecule has 116 valence electrons. The zero-order valence-corrected chi connectivity index (χ0v) is 13.4. The minimum atomic E-state index is -1.05. The summed E-state index contributed by atoms with van der Waals surface area (Å²) in [7, 11) is 0. The summed E-state index contributed by atoms with van der Waals surface area (Å²) in [6.45, 7) is 2.48. The van der Waals surface area contributed by atoms with Crippen LogP contribution in [0, 0.1) is 5.92 Å². The summed E-state index contributed by atoms with van der Waals surface area (Å²) in [5, 5.41) is 16.6. The molecule has 1 fully saturated rings. The van der Waals surface area contributed by atoms with Gasteiger partial charge in [-0.15, -0.1) is 11.3 Å². The van der Waals surface area contributed by atoms with E-state index in [0.29, 0.717) is 17.5 Å². The van der Waals surface area contributed by atoms with Gasteiger partial charge in [-0.05, 0) is 37.2 Å². The second kappa shape index (κ2) is 7.65. The third-order valence-electron chi connectivity index (χ3n) is 3.35. The molecular weight excluding hydrogens is 310 g/mol. The van der Waals surface area contributed by atoms with Crippen molar-refractivity contribution in [1.82, 2.24) is 15.6 Å². The molecule has 0 aromatic carbocycles. The number of thiazole rings is 1. The zero-order valence-electron chi connectivity index (χ0n) is 11.8. The number of aromatic carboxylic acids is 1. The lowest BCUT2D eigenvalue weighted by Gasteiger charge is -2.22. The number of hydrogen-bond donors (Lipinski definition) is 3. The fourth-order valence-corrected chi connectivity index (χ4v) is 4.09. The molecule has 1 aliphatic heterocycles. The zero-order chi connectivity index (χ0) is 15.2. The number of carboxylic acid groups (broad SMARTS) is 1. The molecule has 2 rings (SSSR count). The number of carbonyl (C=O) groups is 2. The first-order valence-electron chi connectivity index (χ1n) is 6.87. The summed E-state index contributed by atoms with van der Waals surface area (Å²) in [4.78, 5) is 26.6. The summed E-state index contributed by atoms with van der Waals surface area (Å²) in [6.07, 6.45) is 2.30. The SMILES string of the molecule is CC(NC(=O)NCC1CCSCC1)c1nc(C(=O)O)cs1. The third kappa shape index (κ3) is 4.89. The Hall–Kier alpha value is -1.28. The molecule has 3 N–H and O–H groups in total. The maximum atomic E-state index is 11.8. The predicted octanol–water partition coefficient (Wildman–Crippen LogP) is 2.34. The first kappa shape index (κ1) is 16.1. The van der Waals surface area contributed by atoms with Crippen molar-refractivity contribution in [1.29, 1.82) is 0 Å². The van der Waals surface area contributed by atoms with Crippen molar-refractivity contribution in [2.24, 2.45) is 5.92 Å². The van der Waals surface area contributed by atoms with Crippen LogP contribution in [0.5, 0.6) is 0 Å². The molecule has 1 unspecified atom stereocenters. The van der Waals surface area contributed by atoms with Gasteiger partial charge in [0.25, 0.3) is 0 Å². The number of aromatic nitrogens is 1. The van der Waals surface area contributed by atoms with Gasteiger partial charge in [0.15, 0.2) is 5.69 Å². The van der Waals surface area contributed by atoms with Crippen LogP contribution in [0.25, 0.3) is 0 Å². The van der Waals surface area contributed by atoms with E-state index in [2.05, 4.69) is 15.6 Å². The van der Waals surface area contributed by atoms with Crippen LogP contribution in [0.1, 0.15) is 41.3 Å². The van der Waals surface area contributed by atoms with Gasteiger partial charge in [0, 0.05) is 11.9 Å². The molecule has 6 nitrogen and oxygen atoms in total. The van der Waals surface area contributed by atoms with E-state index in [1.165, 1.54) is 28.2 Å². The van der Waals surface area contributed by atoms with E-state index in [9.17, 15) is 9.59 Å². The standard InChI is InChI=1S/C13H19N3O3S2/c1-8(11-16-10(7-21-11)12(17)18)15-13(19)14-6-9-2-4-20-5-3-9/h7-9H,2-6H2,1H3,(H,17,18)(H2,14,15,19). The van der Waals surface area contributed by atoms with Gasteiger partial charge in [-0.1, -0.05) is 0 Å². The highest BCUT2D eigenvalue weighted by molar-refractivity contribution is 7.99. The van der Waals surface area contributed by atoms with Crippen molar-refractivity contribution < 1.29 is 14.7 Å². The van der Waals surface area contributed by atoms with E-state index < -0.39 is 5.97 Å². The Morgan fingerprint density at radius 2 is 2.19 bits per heavy atom. The summed E-state index contributed by atoms with van der Waals surface area (Å²) < 4.78 is 0. The number of rotatable bonds is 5. The Morgan fingerprint density at radius 1 is 1.48 bits per heavy atom.